The summed E-state index contributed by atoms with van der Waals surface area (Å²) < 4.78 is 0. The molecular weight excluding hydrogens is 222 g/mol. The lowest BCUT2D eigenvalue weighted by atomic mass is 9.89. The van der Waals surface area contributed by atoms with Crippen molar-refractivity contribution in [2.75, 3.05) is 31.9 Å². The molecule has 2 rings (SSSR count). The first-order valence-corrected chi connectivity index (χ1v) is 7.10. The van der Waals surface area contributed by atoms with Gasteiger partial charge in [-0.25, -0.2) is 0 Å². The van der Waals surface area contributed by atoms with Crippen LogP contribution < -0.4 is 11.1 Å². The van der Waals surface area contributed by atoms with Crippen LogP contribution in [0.3, 0.4) is 0 Å². The lowest BCUT2D eigenvalue weighted by molar-refractivity contribution is -0.130. The van der Waals surface area contributed by atoms with Crippen molar-refractivity contribution in [1.29, 1.82) is 0 Å². The maximum Gasteiger partial charge on any atom is 0.239 e. The van der Waals surface area contributed by atoms with Crippen LogP contribution in [0.2, 0.25) is 0 Å². The van der Waals surface area contributed by atoms with Gasteiger partial charge in [-0.3, -0.25) is 9.69 Å². The zero-order chi connectivity index (χ0) is 11.6. The van der Waals surface area contributed by atoms with E-state index >= 15 is 0 Å². The van der Waals surface area contributed by atoms with Gasteiger partial charge in [0.05, 0.1) is 0 Å². The molecule has 0 aliphatic carbocycles. The lowest BCUT2D eigenvalue weighted by Gasteiger charge is -2.40. The Morgan fingerprint density at radius 1 is 1.50 bits per heavy atom. The molecule has 0 aromatic rings. The summed E-state index contributed by atoms with van der Waals surface area (Å²) in [6.45, 7) is 6.08. The van der Waals surface area contributed by atoms with Crippen LogP contribution in [-0.2, 0) is 4.79 Å². The molecule has 2 saturated heterocycles. The van der Waals surface area contributed by atoms with Crippen LogP contribution in [0.25, 0.3) is 0 Å². The molecule has 0 bridgehead atoms. The zero-order valence-corrected chi connectivity index (χ0v) is 10.7. The first-order valence-electron chi connectivity index (χ1n) is 6.05. The number of nitrogens with one attached hydrogen (secondary N) is 1. The molecule has 4 nitrogen and oxygen atoms in total. The van der Waals surface area contributed by atoms with E-state index in [0.717, 1.165) is 44.8 Å². The number of hydrogen-bond donors (Lipinski definition) is 2. The molecular formula is C11H21N3OS. The molecule has 16 heavy (non-hydrogen) atoms. The molecule has 2 atom stereocenters. The van der Waals surface area contributed by atoms with E-state index in [1.165, 1.54) is 0 Å². The third kappa shape index (κ3) is 1.96. The smallest absolute Gasteiger partial charge is 0.239 e. The second-order valence-electron chi connectivity index (χ2n) is 4.64. The Morgan fingerprint density at radius 3 is 2.94 bits per heavy atom. The van der Waals surface area contributed by atoms with Gasteiger partial charge in [-0.05, 0) is 25.1 Å². The van der Waals surface area contributed by atoms with Crippen molar-refractivity contribution in [2.45, 2.75) is 30.6 Å². The second kappa shape index (κ2) is 4.94. The van der Waals surface area contributed by atoms with E-state index in [4.69, 9.17) is 5.73 Å². The van der Waals surface area contributed by atoms with Crippen molar-refractivity contribution in [3.8, 4) is 0 Å². The number of thioether (sulfide) groups is 1. The topological polar surface area (TPSA) is 58.4 Å². The summed E-state index contributed by atoms with van der Waals surface area (Å²) in [6.07, 6.45) is 2.01. The summed E-state index contributed by atoms with van der Waals surface area (Å²) in [4.78, 5) is 14.2. The molecule has 0 radical (unpaired) electrons. The van der Waals surface area contributed by atoms with E-state index in [9.17, 15) is 4.79 Å². The fourth-order valence-corrected chi connectivity index (χ4v) is 4.31. The molecule has 2 fully saturated rings. The van der Waals surface area contributed by atoms with Crippen LogP contribution in [0.4, 0.5) is 0 Å². The highest BCUT2D eigenvalue weighted by Crippen LogP contribution is 2.40. The predicted octanol–water partition coefficient (Wildman–Crippen LogP) is 0.0312. The number of carbonyl (C=O) groups is 1. The number of nitrogens with zero attached hydrogens (tertiary/aromatic N) is 1. The summed E-state index contributed by atoms with van der Waals surface area (Å²) in [7, 11) is 0. The van der Waals surface area contributed by atoms with Crippen molar-refractivity contribution < 1.29 is 4.79 Å². The van der Waals surface area contributed by atoms with Crippen molar-refractivity contribution in [1.82, 2.24) is 10.2 Å². The van der Waals surface area contributed by atoms with Gasteiger partial charge in [0.15, 0.2) is 0 Å². The SMILES string of the molecule is CC1SCCC1(C(N)=O)N1CCCNCC1. The Kier molecular flexibility index (Phi) is 3.77. The van der Waals surface area contributed by atoms with Crippen LogP contribution in [0.1, 0.15) is 19.8 Å². The fraction of sp³-hybridized carbons (Fsp3) is 0.909. The number of amides is 1. The summed E-state index contributed by atoms with van der Waals surface area (Å²) in [6, 6.07) is 0. The second-order valence-corrected chi connectivity index (χ2v) is 6.09. The zero-order valence-electron chi connectivity index (χ0n) is 9.87. The van der Waals surface area contributed by atoms with E-state index in [0.29, 0.717) is 5.25 Å². The third-order valence-corrected chi connectivity index (χ3v) is 5.18. The van der Waals surface area contributed by atoms with E-state index in [-0.39, 0.29) is 5.91 Å². The molecule has 1 amide bonds. The standard InChI is InChI=1S/C11H21N3OS/c1-9-11(10(12)15,3-8-16-9)14-6-2-4-13-5-7-14/h9,13H,2-8H2,1H3,(H2,12,15). The van der Waals surface area contributed by atoms with Gasteiger partial charge >= 0.3 is 0 Å². The molecule has 0 spiro atoms. The van der Waals surface area contributed by atoms with Crippen LogP contribution in [0.5, 0.6) is 0 Å². The minimum Gasteiger partial charge on any atom is -0.368 e. The highest BCUT2D eigenvalue weighted by Gasteiger charge is 2.50. The van der Waals surface area contributed by atoms with Crippen molar-refractivity contribution in [3.05, 3.63) is 0 Å². The van der Waals surface area contributed by atoms with Gasteiger partial charge in [0.1, 0.15) is 5.54 Å². The highest BCUT2D eigenvalue weighted by molar-refractivity contribution is 8.00. The van der Waals surface area contributed by atoms with Gasteiger partial charge in [0, 0.05) is 24.9 Å². The van der Waals surface area contributed by atoms with Crippen molar-refractivity contribution >= 4 is 17.7 Å². The maximum absolute atomic E-state index is 11.9. The number of carbonyl (C=O) groups excluding carboxylic acids is 1. The molecule has 2 aliphatic rings. The molecule has 5 heteroatoms. The van der Waals surface area contributed by atoms with Gasteiger partial charge in [0.2, 0.25) is 5.91 Å². The molecule has 0 aromatic heterocycles. The van der Waals surface area contributed by atoms with Crippen molar-refractivity contribution in [2.24, 2.45) is 5.73 Å². The maximum atomic E-state index is 11.9. The van der Waals surface area contributed by atoms with Gasteiger partial charge in [-0.15, -0.1) is 0 Å². The summed E-state index contributed by atoms with van der Waals surface area (Å²) in [5.74, 6) is 0.917. The summed E-state index contributed by atoms with van der Waals surface area (Å²) >= 11 is 1.87. The fourth-order valence-electron chi connectivity index (χ4n) is 2.87. The van der Waals surface area contributed by atoms with E-state index < -0.39 is 5.54 Å². The lowest BCUT2D eigenvalue weighted by Crippen LogP contribution is -2.61. The molecule has 92 valence electrons. The van der Waals surface area contributed by atoms with Crippen LogP contribution in [0.15, 0.2) is 0 Å². The van der Waals surface area contributed by atoms with Crippen LogP contribution in [0, 0.1) is 0 Å². The molecule has 2 aliphatic heterocycles. The Balaban J connectivity index is 2.20. The van der Waals surface area contributed by atoms with Crippen LogP contribution in [-0.4, -0.2) is 53.5 Å². The quantitative estimate of drug-likeness (QED) is 0.718. The molecule has 0 aromatic carbocycles. The Bertz CT molecular complexity index is 266. The third-order valence-electron chi connectivity index (χ3n) is 3.85. The Hall–Kier alpha value is -0.260. The minimum atomic E-state index is -0.392. The highest BCUT2D eigenvalue weighted by atomic mass is 32.2. The number of primary amides is 1. The number of hydrogen-bond acceptors (Lipinski definition) is 4. The monoisotopic (exact) mass is 243 g/mol. The molecule has 2 heterocycles. The number of rotatable bonds is 2. The number of nitrogens with two attached hydrogens (primary N) is 1. The molecule has 3 N–H and O–H groups in total. The van der Waals surface area contributed by atoms with Crippen LogP contribution >= 0.6 is 11.8 Å². The van der Waals surface area contributed by atoms with Gasteiger partial charge < -0.3 is 11.1 Å². The molecule has 0 saturated carbocycles. The van der Waals surface area contributed by atoms with Gasteiger partial charge in [-0.1, -0.05) is 6.92 Å². The Labute approximate surface area is 101 Å². The summed E-state index contributed by atoms with van der Waals surface area (Å²) in [5.41, 5.74) is 5.30. The van der Waals surface area contributed by atoms with Gasteiger partial charge in [-0.2, -0.15) is 11.8 Å². The predicted molar refractivity (Wildman–Crippen MR) is 67.5 cm³/mol. The Morgan fingerprint density at radius 2 is 2.31 bits per heavy atom. The first-order chi connectivity index (χ1) is 7.68. The van der Waals surface area contributed by atoms with E-state index in [1.807, 2.05) is 11.8 Å². The minimum absolute atomic E-state index is 0.132. The van der Waals surface area contributed by atoms with E-state index in [1.54, 1.807) is 0 Å². The average molecular weight is 243 g/mol. The first kappa shape index (κ1) is 12.2. The van der Waals surface area contributed by atoms with Crippen molar-refractivity contribution in [3.63, 3.8) is 0 Å². The summed E-state index contributed by atoms with van der Waals surface area (Å²) in [5, 5.41) is 3.69. The van der Waals surface area contributed by atoms with E-state index in [2.05, 4.69) is 17.1 Å². The normalized spacial score (nSPS) is 37.2. The molecule has 2 unspecified atom stereocenters. The average Bonchev–Trinajstić information content (AvgIpc) is 2.51. The van der Waals surface area contributed by atoms with Gasteiger partial charge in [0.25, 0.3) is 0 Å². The largest absolute Gasteiger partial charge is 0.368 e.